The molecule has 0 atom stereocenters. The van der Waals surface area contributed by atoms with Gasteiger partial charge in [0, 0.05) is 13.1 Å². The van der Waals surface area contributed by atoms with E-state index in [1.165, 1.54) is 18.6 Å². The van der Waals surface area contributed by atoms with E-state index < -0.39 is 9.84 Å². The number of nitrogen functional groups attached to an aromatic ring is 1. The first-order valence-corrected chi connectivity index (χ1v) is 7.87. The van der Waals surface area contributed by atoms with Crippen LogP contribution < -0.4 is 15.4 Å². The standard InChI is InChI=1S/C9H15N3O3S2/c1-15-7-8(10)11-16-9(7)12-3-2-5-17(13,14)6-4-12/h2-6H2,1H3,(H2,10,11). The van der Waals surface area contributed by atoms with Crippen molar-refractivity contribution in [2.75, 3.05) is 42.3 Å². The van der Waals surface area contributed by atoms with Crippen molar-refractivity contribution >= 4 is 32.2 Å². The number of hydrogen-bond donors (Lipinski definition) is 1. The molecule has 96 valence electrons. The van der Waals surface area contributed by atoms with E-state index in [-0.39, 0.29) is 11.5 Å². The summed E-state index contributed by atoms with van der Waals surface area (Å²) >= 11 is 1.25. The summed E-state index contributed by atoms with van der Waals surface area (Å²) in [4.78, 5) is 1.98. The number of hydrogen-bond acceptors (Lipinski definition) is 7. The van der Waals surface area contributed by atoms with E-state index in [0.717, 1.165) is 5.00 Å². The molecule has 0 amide bonds. The maximum atomic E-state index is 11.5. The molecule has 2 heterocycles. The Hall–Kier alpha value is -1.02. The summed E-state index contributed by atoms with van der Waals surface area (Å²) in [5.74, 6) is 1.34. The predicted octanol–water partition coefficient (Wildman–Crippen LogP) is 0.359. The lowest BCUT2D eigenvalue weighted by Crippen LogP contribution is -2.26. The van der Waals surface area contributed by atoms with Crippen molar-refractivity contribution in [1.82, 2.24) is 4.37 Å². The van der Waals surface area contributed by atoms with Gasteiger partial charge in [-0.15, -0.1) is 0 Å². The number of ether oxygens (including phenoxy) is 1. The molecule has 17 heavy (non-hydrogen) atoms. The van der Waals surface area contributed by atoms with Crippen molar-refractivity contribution < 1.29 is 13.2 Å². The van der Waals surface area contributed by atoms with Crippen molar-refractivity contribution in [2.45, 2.75) is 6.42 Å². The summed E-state index contributed by atoms with van der Waals surface area (Å²) in [6.45, 7) is 1.16. The first-order valence-electron chi connectivity index (χ1n) is 5.28. The summed E-state index contributed by atoms with van der Waals surface area (Å²) in [5, 5.41) is 0.821. The van der Waals surface area contributed by atoms with Crippen LogP contribution in [-0.4, -0.2) is 44.5 Å². The second kappa shape index (κ2) is 4.69. The molecule has 0 bridgehead atoms. The fraction of sp³-hybridized carbons (Fsp3) is 0.667. The lowest BCUT2D eigenvalue weighted by atomic mass is 10.4. The Balaban J connectivity index is 2.22. The Morgan fingerprint density at radius 1 is 1.41 bits per heavy atom. The fourth-order valence-electron chi connectivity index (χ4n) is 1.82. The molecule has 0 radical (unpaired) electrons. The van der Waals surface area contributed by atoms with Crippen LogP contribution in [-0.2, 0) is 9.84 Å². The first kappa shape index (κ1) is 12.4. The molecule has 0 aromatic carbocycles. The number of methoxy groups -OCH3 is 1. The maximum Gasteiger partial charge on any atom is 0.197 e. The molecular formula is C9H15N3O3S2. The van der Waals surface area contributed by atoms with E-state index in [2.05, 4.69) is 4.37 Å². The van der Waals surface area contributed by atoms with Crippen molar-refractivity contribution in [3.05, 3.63) is 0 Å². The van der Waals surface area contributed by atoms with Crippen LogP contribution in [0.1, 0.15) is 6.42 Å². The van der Waals surface area contributed by atoms with Gasteiger partial charge in [0.2, 0.25) is 0 Å². The molecule has 0 unspecified atom stereocenters. The average Bonchev–Trinajstić information content (AvgIpc) is 2.54. The quantitative estimate of drug-likeness (QED) is 0.840. The highest BCUT2D eigenvalue weighted by atomic mass is 32.2. The lowest BCUT2D eigenvalue weighted by molar-refractivity contribution is 0.417. The van der Waals surface area contributed by atoms with Crippen molar-refractivity contribution in [3.63, 3.8) is 0 Å². The van der Waals surface area contributed by atoms with E-state index in [1.807, 2.05) is 4.90 Å². The van der Waals surface area contributed by atoms with Gasteiger partial charge in [-0.05, 0) is 18.0 Å². The Kier molecular flexibility index (Phi) is 3.43. The molecule has 2 rings (SSSR count). The highest BCUT2D eigenvalue weighted by Crippen LogP contribution is 2.38. The average molecular weight is 277 g/mol. The van der Waals surface area contributed by atoms with E-state index in [4.69, 9.17) is 10.5 Å². The van der Waals surface area contributed by atoms with Gasteiger partial charge in [-0.2, -0.15) is 4.37 Å². The highest BCUT2D eigenvalue weighted by Gasteiger charge is 2.24. The van der Waals surface area contributed by atoms with E-state index in [9.17, 15) is 8.42 Å². The SMILES string of the molecule is COc1c(N)nsc1N1CCCS(=O)(=O)CC1. The Morgan fingerprint density at radius 3 is 2.88 bits per heavy atom. The summed E-state index contributed by atoms with van der Waals surface area (Å²) in [7, 11) is -1.36. The molecule has 1 aromatic rings. The van der Waals surface area contributed by atoms with Gasteiger partial charge >= 0.3 is 0 Å². The summed E-state index contributed by atoms with van der Waals surface area (Å²) < 4.78 is 32.3. The zero-order chi connectivity index (χ0) is 12.5. The molecule has 1 aromatic heterocycles. The van der Waals surface area contributed by atoms with Gasteiger partial charge in [-0.3, -0.25) is 0 Å². The number of nitrogens with two attached hydrogens (primary N) is 1. The molecule has 0 aliphatic carbocycles. The van der Waals surface area contributed by atoms with Crippen LogP contribution in [0, 0.1) is 0 Å². The summed E-state index contributed by atoms with van der Waals surface area (Å²) in [6, 6.07) is 0. The number of aromatic nitrogens is 1. The molecular weight excluding hydrogens is 262 g/mol. The smallest absolute Gasteiger partial charge is 0.197 e. The van der Waals surface area contributed by atoms with Crippen LogP contribution in [0.25, 0.3) is 0 Å². The normalized spacial score (nSPS) is 19.9. The van der Waals surface area contributed by atoms with Gasteiger partial charge in [0.05, 0.1) is 18.6 Å². The third-order valence-corrected chi connectivity index (χ3v) is 5.32. The number of sulfone groups is 1. The first-order chi connectivity index (χ1) is 8.03. The van der Waals surface area contributed by atoms with Crippen LogP contribution in [0.4, 0.5) is 10.8 Å². The molecule has 8 heteroatoms. The third-order valence-electron chi connectivity index (χ3n) is 2.70. The second-order valence-corrected chi connectivity index (χ2v) is 6.95. The largest absolute Gasteiger partial charge is 0.490 e. The molecule has 1 aliphatic rings. The van der Waals surface area contributed by atoms with E-state index in [0.29, 0.717) is 31.1 Å². The monoisotopic (exact) mass is 277 g/mol. The van der Waals surface area contributed by atoms with Crippen LogP contribution in [0.5, 0.6) is 5.75 Å². The minimum atomic E-state index is -2.90. The van der Waals surface area contributed by atoms with Crippen molar-refractivity contribution in [3.8, 4) is 5.75 Å². The zero-order valence-corrected chi connectivity index (χ0v) is 11.2. The van der Waals surface area contributed by atoms with Gasteiger partial charge in [0.15, 0.2) is 26.4 Å². The van der Waals surface area contributed by atoms with Gasteiger partial charge < -0.3 is 15.4 Å². The second-order valence-electron chi connectivity index (χ2n) is 3.90. The summed E-state index contributed by atoms with van der Waals surface area (Å²) in [5.41, 5.74) is 5.68. The van der Waals surface area contributed by atoms with Gasteiger partial charge in [0.25, 0.3) is 0 Å². The van der Waals surface area contributed by atoms with Gasteiger partial charge in [-0.25, -0.2) is 8.42 Å². The Morgan fingerprint density at radius 2 is 2.18 bits per heavy atom. The minimum absolute atomic E-state index is 0.175. The number of anilines is 2. The maximum absolute atomic E-state index is 11.5. The molecule has 2 N–H and O–H groups in total. The molecule has 0 spiro atoms. The predicted molar refractivity (Wildman–Crippen MR) is 68.6 cm³/mol. The van der Waals surface area contributed by atoms with Crippen molar-refractivity contribution in [1.29, 1.82) is 0 Å². The molecule has 1 fully saturated rings. The Labute approximate surface area is 104 Å². The van der Waals surface area contributed by atoms with Crippen LogP contribution in [0.15, 0.2) is 0 Å². The van der Waals surface area contributed by atoms with Gasteiger partial charge in [0.1, 0.15) is 0 Å². The Bertz CT molecular complexity index is 498. The number of rotatable bonds is 2. The minimum Gasteiger partial charge on any atom is -0.490 e. The third kappa shape index (κ3) is 2.63. The molecule has 1 saturated heterocycles. The highest BCUT2D eigenvalue weighted by molar-refractivity contribution is 7.91. The molecule has 6 nitrogen and oxygen atoms in total. The van der Waals surface area contributed by atoms with E-state index in [1.54, 1.807) is 0 Å². The molecule has 1 aliphatic heterocycles. The summed E-state index contributed by atoms with van der Waals surface area (Å²) in [6.07, 6.45) is 0.628. The van der Waals surface area contributed by atoms with Crippen molar-refractivity contribution in [2.24, 2.45) is 0 Å². The fourth-order valence-corrected chi connectivity index (χ4v) is 3.93. The topological polar surface area (TPSA) is 85.5 Å². The van der Waals surface area contributed by atoms with Gasteiger partial charge in [-0.1, -0.05) is 0 Å². The lowest BCUT2D eigenvalue weighted by Gasteiger charge is -2.20. The zero-order valence-electron chi connectivity index (χ0n) is 9.55. The van der Waals surface area contributed by atoms with Crippen LogP contribution in [0.3, 0.4) is 0 Å². The van der Waals surface area contributed by atoms with Crippen LogP contribution in [0.2, 0.25) is 0 Å². The molecule has 0 saturated carbocycles. The number of nitrogens with zero attached hydrogens (tertiary/aromatic N) is 2. The van der Waals surface area contributed by atoms with Crippen LogP contribution >= 0.6 is 11.5 Å². The van der Waals surface area contributed by atoms with E-state index >= 15 is 0 Å².